The minimum Gasteiger partial charge on any atom is -0.450 e. The Bertz CT molecular complexity index is 81.7. The Kier molecular flexibility index (Phi) is 3.23. The summed E-state index contributed by atoms with van der Waals surface area (Å²) in [5.74, 6) is 0. The SMILES string of the molecule is CC(C)=COC(O)O. The standard InChI is InChI=1S/C5H10O3/c1-4(2)3-8-5(6)7/h3,5-7H,1-2H3. The third-order valence-electron chi connectivity index (χ3n) is 0.425. The van der Waals surface area contributed by atoms with Crippen molar-refractivity contribution < 1.29 is 14.9 Å². The molecule has 0 bridgehead atoms. The van der Waals surface area contributed by atoms with E-state index in [1.807, 2.05) is 0 Å². The van der Waals surface area contributed by atoms with Gasteiger partial charge in [0.1, 0.15) is 0 Å². The van der Waals surface area contributed by atoms with Gasteiger partial charge in [0.15, 0.2) is 0 Å². The lowest BCUT2D eigenvalue weighted by Gasteiger charge is -2.00. The third kappa shape index (κ3) is 5.46. The van der Waals surface area contributed by atoms with Crippen LogP contribution in [0.5, 0.6) is 0 Å². The highest BCUT2D eigenvalue weighted by Crippen LogP contribution is 1.90. The predicted octanol–water partition coefficient (Wildman–Crippen LogP) is 0.195. The molecule has 0 rings (SSSR count). The van der Waals surface area contributed by atoms with Gasteiger partial charge in [-0.2, -0.15) is 0 Å². The molecule has 0 fully saturated rings. The van der Waals surface area contributed by atoms with E-state index in [1.54, 1.807) is 13.8 Å². The Hall–Kier alpha value is -0.540. The zero-order chi connectivity index (χ0) is 6.57. The van der Waals surface area contributed by atoms with Crippen molar-refractivity contribution in [3.05, 3.63) is 11.8 Å². The highest BCUT2D eigenvalue weighted by Gasteiger charge is 1.88. The van der Waals surface area contributed by atoms with Crippen molar-refractivity contribution in [3.8, 4) is 0 Å². The Balaban J connectivity index is 3.29. The molecule has 0 amide bonds. The van der Waals surface area contributed by atoms with E-state index >= 15 is 0 Å². The predicted molar refractivity (Wildman–Crippen MR) is 28.7 cm³/mol. The summed E-state index contributed by atoms with van der Waals surface area (Å²) in [5.41, 5.74) is 0.887. The molecule has 0 radical (unpaired) electrons. The van der Waals surface area contributed by atoms with Crippen molar-refractivity contribution in [3.63, 3.8) is 0 Å². The molecule has 0 aliphatic carbocycles. The van der Waals surface area contributed by atoms with Crippen LogP contribution >= 0.6 is 0 Å². The lowest BCUT2D eigenvalue weighted by Crippen LogP contribution is -2.04. The molecule has 0 aliphatic rings. The zero-order valence-electron chi connectivity index (χ0n) is 4.96. The van der Waals surface area contributed by atoms with Crippen molar-refractivity contribution >= 4 is 0 Å². The van der Waals surface area contributed by atoms with Gasteiger partial charge in [0.25, 0.3) is 0 Å². The van der Waals surface area contributed by atoms with Gasteiger partial charge in [-0.1, -0.05) is 0 Å². The molecule has 3 nitrogen and oxygen atoms in total. The van der Waals surface area contributed by atoms with Crippen LogP contribution < -0.4 is 0 Å². The first-order valence-corrected chi connectivity index (χ1v) is 2.28. The van der Waals surface area contributed by atoms with E-state index in [1.165, 1.54) is 6.26 Å². The number of hydrogen-bond acceptors (Lipinski definition) is 3. The summed E-state index contributed by atoms with van der Waals surface area (Å²) < 4.78 is 4.25. The quantitative estimate of drug-likeness (QED) is 0.402. The Morgan fingerprint density at radius 2 is 2.00 bits per heavy atom. The average molecular weight is 118 g/mol. The summed E-state index contributed by atoms with van der Waals surface area (Å²) in [6, 6.07) is 0. The third-order valence-corrected chi connectivity index (χ3v) is 0.425. The van der Waals surface area contributed by atoms with Crippen LogP contribution in [-0.4, -0.2) is 16.7 Å². The Morgan fingerprint density at radius 1 is 1.50 bits per heavy atom. The number of rotatable bonds is 2. The van der Waals surface area contributed by atoms with Crippen LogP contribution in [-0.2, 0) is 4.74 Å². The normalized spacial score (nSPS) is 9.12. The van der Waals surface area contributed by atoms with Crippen molar-refractivity contribution in [1.82, 2.24) is 0 Å². The second kappa shape index (κ2) is 3.46. The van der Waals surface area contributed by atoms with Crippen LogP contribution in [0.25, 0.3) is 0 Å². The van der Waals surface area contributed by atoms with Gasteiger partial charge in [-0.15, -0.1) is 0 Å². The van der Waals surface area contributed by atoms with Gasteiger partial charge in [-0.05, 0) is 19.4 Å². The fraction of sp³-hybridized carbons (Fsp3) is 0.600. The van der Waals surface area contributed by atoms with E-state index in [-0.39, 0.29) is 0 Å². The summed E-state index contributed by atoms with van der Waals surface area (Å²) in [7, 11) is 0. The largest absolute Gasteiger partial charge is 0.450 e. The van der Waals surface area contributed by atoms with Crippen molar-refractivity contribution in [2.45, 2.75) is 20.3 Å². The minimum absolute atomic E-state index is 0.887. The molecule has 0 atom stereocenters. The van der Waals surface area contributed by atoms with Crippen LogP contribution in [0.1, 0.15) is 13.8 Å². The number of aliphatic hydroxyl groups excluding tert-OH is 1. The summed E-state index contributed by atoms with van der Waals surface area (Å²) in [4.78, 5) is 0. The molecule has 8 heavy (non-hydrogen) atoms. The molecule has 0 unspecified atom stereocenters. The number of hydrogen-bond donors (Lipinski definition) is 2. The highest BCUT2D eigenvalue weighted by atomic mass is 16.7. The second-order valence-electron chi connectivity index (χ2n) is 1.66. The van der Waals surface area contributed by atoms with E-state index in [4.69, 9.17) is 10.2 Å². The first kappa shape index (κ1) is 7.46. The molecule has 0 saturated heterocycles. The van der Waals surface area contributed by atoms with Crippen LogP contribution in [0.3, 0.4) is 0 Å². The van der Waals surface area contributed by atoms with Crippen LogP contribution in [0.4, 0.5) is 0 Å². The van der Waals surface area contributed by atoms with Gasteiger partial charge in [-0.25, -0.2) is 0 Å². The molecule has 0 aliphatic heterocycles. The number of ether oxygens (including phenoxy) is 1. The summed E-state index contributed by atoms with van der Waals surface area (Å²) >= 11 is 0. The van der Waals surface area contributed by atoms with Crippen molar-refractivity contribution in [1.29, 1.82) is 0 Å². The van der Waals surface area contributed by atoms with E-state index < -0.39 is 6.48 Å². The monoisotopic (exact) mass is 118 g/mol. The smallest absolute Gasteiger partial charge is 0.310 e. The van der Waals surface area contributed by atoms with Crippen LogP contribution in [0.2, 0.25) is 0 Å². The maximum absolute atomic E-state index is 8.09. The molecule has 0 heterocycles. The summed E-state index contributed by atoms with van der Waals surface area (Å²) in [6.07, 6.45) is 1.28. The Labute approximate surface area is 48.2 Å². The van der Waals surface area contributed by atoms with Gasteiger partial charge >= 0.3 is 6.48 Å². The van der Waals surface area contributed by atoms with E-state index in [0.717, 1.165) is 5.57 Å². The van der Waals surface area contributed by atoms with Crippen molar-refractivity contribution in [2.75, 3.05) is 0 Å². The molecule has 0 aromatic carbocycles. The van der Waals surface area contributed by atoms with E-state index in [0.29, 0.717) is 0 Å². The molecule has 0 aromatic rings. The lowest BCUT2D eigenvalue weighted by molar-refractivity contribution is -0.204. The van der Waals surface area contributed by atoms with Gasteiger partial charge in [0.2, 0.25) is 0 Å². The zero-order valence-corrected chi connectivity index (χ0v) is 4.96. The number of aliphatic hydroxyl groups is 2. The molecular formula is C5H10O3. The molecule has 0 spiro atoms. The highest BCUT2D eigenvalue weighted by molar-refractivity contribution is 4.85. The van der Waals surface area contributed by atoms with Gasteiger partial charge < -0.3 is 14.9 Å². The van der Waals surface area contributed by atoms with Crippen LogP contribution in [0.15, 0.2) is 11.8 Å². The average Bonchev–Trinajstić information content (AvgIpc) is 1.61. The molecule has 2 N–H and O–H groups in total. The van der Waals surface area contributed by atoms with Gasteiger partial charge in [0.05, 0.1) is 6.26 Å². The first-order valence-electron chi connectivity index (χ1n) is 2.28. The van der Waals surface area contributed by atoms with Crippen LogP contribution in [0, 0.1) is 0 Å². The molecule has 48 valence electrons. The van der Waals surface area contributed by atoms with Gasteiger partial charge in [-0.3, -0.25) is 0 Å². The summed E-state index contributed by atoms with van der Waals surface area (Å²) in [6.45, 7) is 1.90. The fourth-order valence-electron chi connectivity index (χ4n) is 0.197. The second-order valence-corrected chi connectivity index (χ2v) is 1.66. The lowest BCUT2D eigenvalue weighted by atomic mass is 10.4. The molecular weight excluding hydrogens is 108 g/mol. The van der Waals surface area contributed by atoms with E-state index in [2.05, 4.69) is 4.74 Å². The first-order chi connectivity index (χ1) is 3.63. The number of allylic oxidation sites excluding steroid dienone is 1. The maximum atomic E-state index is 8.09. The fourth-order valence-corrected chi connectivity index (χ4v) is 0.197. The van der Waals surface area contributed by atoms with Gasteiger partial charge in [0, 0.05) is 0 Å². The Morgan fingerprint density at radius 3 is 2.12 bits per heavy atom. The molecule has 0 saturated carbocycles. The maximum Gasteiger partial charge on any atom is 0.310 e. The summed E-state index contributed by atoms with van der Waals surface area (Å²) in [5, 5.41) is 16.2. The van der Waals surface area contributed by atoms with Crippen molar-refractivity contribution in [2.24, 2.45) is 0 Å². The topological polar surface area (TPSA) is 49.7 Å². The molecule has 3 heteroatoms. The molecule has 0 aromatic heterocycles. The minimum atomic E-state index is -1.69. The van der Waals surface area contributed by atoms with E-state index in [9.17, 15) is 0 Å².